The summed E-state index contributed by atoms with van der Waals surface area (Å²) in [5.74, 6) is 0. The van der Waals surface area contributed by atoms with Gasteiger partial charge in [-0.3, -0.25) is 9.82 Å². The summed E-state index contributed by atoms with van der Waals surface area (Å²) in [6.45, 7) is 3.44. The maximum atomic E-state index is 12.2. The van der Waals surface area contributed by atoms with Gasteiger partial charge in [-0.2, -0.15) is 5.10 Å². The van der Waals surface area contributed by atoms with Gasteiger partial charge in [0, 0.05) is 0 Å². The highest BCUT2D eigenvalue weighted by Crippen LogP contribution is 2.25. The molecule has 6 nitrogen and oxygen atoms in total. The van der Waals surface area contributed by atoms with Crippen molar-refractivity contribution in [2.75, 3.05) is 10.5 Å². The van der Waals surface area contributed by atoms with Crippen LogP contribution in [0.5, 0.6) is 0 Å². The first-order valence-corrected chi connectivity index (χ1v) is 7.27. The number of rotatable bonds is 3. The van der Waals surface area contributed by atoms with Gasteiger partial charge in [0.25, 0.3) is 10.0 Å². The van der Waals surface area contributed by atoms with E-state index in [0.29, 0.717) is 22.8 Å². The first-order valence-electron chi connectivity index (χ1n) is 5.40. The molecule has 0 unspecified atom stereocenters. The molecule has 0 aliphatic carbocycles. The summed E-state index contributed by atoms with van der Waals surface area (Å²) < 4.78 is 26.9. The Labute approximate surface area is 116 Å². The second-order valence-electron chi connectivity index (χ2n) is 4.10. The van der Waals surface area contributed by atoms with Crippen LogP contribution in [-0.4, -0.2) is 18.6 Å². The molecule has 19 heavy (non-hydrogen) atoms. The van der Waals surface area contributed by atoms with E-state index in [4.69, 9.17) is 17.3 Å². The van der Waals surface area contributed by atoms with Gasteiger partial charge in [-0.05, 0) is 32.0 Å². The lowest BCUT2D eigenvalue weighted by molar-refractivity contribution is 0.601. The SMILES string of the molecule is Cc1n[nH]c(C)c1NS(=O)(=O)c1ccc(N)c(Cl)c1. The van der Waals surface area contributed by atoms with Crippen molar-refractivity contribution in [3.63, 3.8) is 0 Å². The minimum atomic E-state index is -3.72. The summed E-state index contributed by atoms with van der Waals surface area (Å²) in [6.07, 6.45) is 0. The van der Waals surface area contributed by atoms with Gasteiger partial charge in [-0.25, -0.2) is 8.42 Å². The Balaban J connectivity index is 2.41. The molecule has 0 amide bonds. The van der Waals surface area contributed by atoms with Crippen molar-refractivity contribution >= 4 is 33.0 Å². The van der Waals surface area contributed by atoms with Crippen molar-refractivity contribution in [1.29, 1.82) is 0 Å². The summed E-state index contributed by atoms with van der Waals surface area (Å²) in [7, 11) is -3.72. The zero-order chi connectivity index (χ0) is 14.2. The van der Waals surface area contributed by atoms with Crippen LogP contribution in [0.2, 0.25) is 5.02 Å². The molecule has 102 valence electrons. The van der Waals surface area contributed by atoms with Gasteiger partial charge in [0.1, 0.15) is 0 Å². The van der Waals surface area contributed by atoms with Crippen LogP contribution in [0.4, 0.5) is 11.4 Å². The zero-order valence-corrected chi connectivity index (χ0v) is 11.9. The highest BCUT2D eigenvalue weighted by molar-refractivity contribution is 7.92. The molecule has 0 saturated heterocycles. The highest BCUT2D eigenvalue weighted by atomic mass is 35.5. The van der Waals surface area contributed by atoms with Crippen LogP contribution >= 0.6 is 11.6 Å². The Morgan fingerprint density at radius 3 is 2.58 bits per heavy atom. The fraction of sp³-hybridized carbons (Fsp3) is 0.182. The molecule has 8 heteroatoms. The number of anilines is 2. The van der Waals surface area contributed by atoms with Gasteiger partial charge < -0.3 is 5.73 Å². The van der Waals surface area contributed by atoms with Crippen LogP contribution in [0.3, 0.4) is 0 Å². The third kappa shape index (κ3) is 2.66. The molecular formula is C11H13ClN4O2S. The van der Waals surface area contributed by atoms with Crippen molar-refractivity contribution in [3.8, 4) is 0 Å². The number of hydrogen-bond acceptors (Lipinski definition) is 4. The number of nitrogen functional groups attached to an aromatic ring is 1. The minimum absolute atomic E-state index is 0.0479. The number of halogens is 1. The molecule has 0 aliphatic heterocycles. The van der Waals surface area contributed by atoms with E-state index in [0.717, 1.165) is 0 Å². The molecule has 2 aromatic rings. The maximum Gasteiger partial charge on any atom is 0.262 e. The maximum absolute atomic E-state index is 12.2. The molecule has 0 bridgehead atoms. The standard InChI is InChI=1S/C11H13ClN4O2S/c1-6-11(7(2)15-14-6)16-19(17,18)8-3-4-10(13)9(12)5-8/h3-5,16H,13H2,1-2H3,(H,14,15). The lowest BCUT2D eigenvalue weighted by Gasteiger charge is -2.09. The number of aryl methyl sites for hydroxylation is 2. The monoisotopic (exact) mass is 300 g/mol. The van der Waals surface area contributed by atoms with E-state index in [9.17, 15) is 8.42 Å². The molecule has 0 fully saturated rings. The Kier molecular flexibility index (Phi) is 3.42. The van der Waals surface area contributed by atoms with Crippen LogP contribution in [-0.2, 0) is 10.0 Å². The van der Waals surface area contributed by atoms with E-state index in [1.165, 1.54) is 18.2 Å². The third-order valence-electron chi connectivity index (χ3n) is 2.65. The summed E-state index contributed by atoms with van der Waals surface area (Å²) in [5, 5.41) is 6.83. The predicted molar refractivity (Wildman–Crippen MR) is 74.7 cm³/mol. The van der Waals surface area contributed by atoms with Gasteiger partial charge in [0.2, 0.25) is 0 Å². The predicted octanol–water partition coefficient (Wildman–Crippen LogP) is 2.06. The van der Waals surface area contributed by atoms with Gasteiger partial charge in [0.05, 0.1) is 32.7 Å². The van der Waals surface area contributed by atoms with Crippen LogP contribution in [0.25, 0.3) is 0 Å². The van der Waals surface area contributed by atoms with Gasteiger partial charge in [-0.15, -0.1) is 0 Å². The Morgan fingerprint density at radius 2 is 2.05 bits per heavy atom. The second kappa shape index (κ2) is 4.75. The number of nitrogens with one attached hydrogen (secondary N) is 2. The summed E-state index contributed by atoms with van der Waals surface area (Å²) in [4.78, 5) is 0.0479. The molecule has 1 aromatic heterocycles. The Morgan fingerprint density at radius 1 is 1.37 bits per heavy atom. The second-order valence-corrected chi connectivity index (χ2v) is 6.19. The smallest absolute Gasteiger partial charge is 0.262 e. The molecule has 0 atom stereocenters. The van der Waals surface area contributed by atoms with E-state index < -0.39 is 10.0 Å². The Bertz CT molecular complexity index is 705. The number of aromatic amines is 1. The topological polar surface area (TPSA) is 101 Å². The van der Waals surface area contributed by atoms with E-state index >= 15 is 0 Å². The van der Waals surface area contributed by atoms with Crippen LogP contribution in [0.1, 0.15) is 11.4 Å². The number of sulfonamides is 1. The summed E-state index contributed by atoms with van der Waals surface area (Å²) in [5.41, 5.74) is 7.54. The van der Waals surface area contributed by atoms with Crippen LogP contribution in [0, 0.1) is 13.8 Å². The lowest BCUT2D eigenvalue weighted by Crippen LogP contribution is -2.14. The Hall–Kier alpha value is -1.73. The van der Waals surface area contributed by atoms with Crippen molar-refractivity contribution in [2.45, 2.75) is 18.7 Å². The van der Waals surface area contributed by atoms with E-state index in [-0.39, 0.29) is 9.92 Å². The molecular weight excluding hydrogens is 288 g/mol. The number of nitrogens with zero attached hydrogens (tertiary/aromatic N) is 1. The number of hydrogen-bond donors (Lipinski definition) is 3. The molecule has 1 heterocycles. The lowest BCUT2D eigenvalue weighted by atomic mass is 10.3. The quantitative estimate of drug-likeness (QED) is 0.755. The summed E-state index contributed by atoms with van der Waals surface area (Å²) >= 11 is 5.83. The van der Waals surface area contributed by atoms with Crippen molar-refractivity contribution < 1.29 is 8.42 Å². The first kappa shape index (κ1) is 13.7. The molecule has 0 spiro atoms. The van der Waals surface area contributed by atoms with Gasteiger partial charge >= 0.3 is 0 Å². The van der Waals surface area contributed by atoms with Gasteiger partial charge in [0.15, 0.2) is 0 Å². The van der Waals surface area contributed by atoms with E-state index in [1.807, 2.05) is 0 Å². The van der Waals surface area contributed by atoms with Crippen molar-refractivity contribution in [1.82, 2.24) is 10.2 Å². The number of H-pyrrole nitrogens is 1. The van der Waals surface area contributed by atoms with Crippen molar-refractivity contribution in [2.24, 2.45) is 0 Å². The van der Waals surface area contributed by atoms with Crippen molar-refractivity contribution in [3.05, 3.63) is 34.6 Å². The van der Waals surface area contributed by atoms with E-state index in [1.54, 1.807) is 13.8 Å². The molecule has 4 N–H and O–H groups in total. The van der Waals surface area contributed by atoms with Crippen LogP contribution < -0.4 is 10.5 Å². The molecule has 2 rings (SSSR count). The average Bonchev–Trinajstić information content (AvgIpc) is 2.64. The number of nitrogens with two attached hydrogens (primary N) is 1. The average molecular weight is 301 g/mol. The number of aromatic nitrogens is 2. The largest absolute Gasteiger partial charge is 0.398 e. The van der Waals surface area contributed by atoms with Crippen LogP contribution in [0.15, 0.2) is 23.1 Å². The van der Waals surface area contributed by atoms with E-state index in [2.05, 4.69) is 14.9 Å². The highest BCUT2D eigenvalue weighted by Gasteiger charge is 2.18. The van der Waals surface area contributed by atoms with Gasteiger partial charge in [-0.1, -0.05) is 11.6 Å². The number of benzene rings is 1. The fourth-order valence-corrected chi connectivity index (χ4v) is 3.02. The molecule has 0 saturated carbocycles. The zero-order valence-electron chi connectivity index (χ0n) is 10.4. The minimum Gasteiger partial charge on any atom is -0.398 e. The normalized spacial score (nSPS) is 11.5. The summed E-state index contributed by atoms with van der Waals surface area (Å²) in [6, 6.07) is 4.16. The fourth-order valence-electron chi connectivity index (χ4n) is 1.57. The third-order valence-corrected chi connectivity index (χ3v) is 4.32. The molecule has 0 radical (unpaired) electrons. The first-order chi connectivity index (χ1) is 8.81. The molecule has 1 aromatic carbocycles. The molecule has 0 aliphatic rings.